The van der Waals surface area contributed by atoms with Gasteiger partial charge in [-0.05, 0) is 25.0 Å². The Balaban J connectivity index is 1.82. The van der Waals surface area contributed by atoms with Gasteiger partial charge in [-0.15, -0.1) is 0 Å². The van der Waals surface area contributed by atoms with E-state index in [1.807, 2.05) is 0 Å². The van der Waals surface area contributed by atoms with Crippen LogP contribution in [0, 0.1) is 0 Å². The van der Waals surface area contributed by atoms with Crippen LogP contribution in [0.5, 0.6) is 11.5 Å². The number of unbranched alkanes of at least 4 members (excludes halogenated alkanes) is 1. The molecule has 7 heteroatoms. The number of hydrogen-bond acceptors (Lipinski definition) is 5. The van der Waals surface area contributed by atoms with Crippen LogP contribution in [0.2, 0.25) is 0 Å². The van der Waals surface area contributed by atoms with Gasteiger partial charge in [0.2, 0.25) is 10.0 Å². The van der Waals surface area contributed by atoms with E-state index in [1.54, 1.807) is 6.07 Å². The summed E-state index contributed by atoms with van der Waals surface area (Å²) in [5.74, 6) is 1.05. The summed E-state index contributed by atoms with van der Waals surface area (Å²) in [6.45, 7) is 4.65. The minimum atomic E-state index is -3.53. The van der Waals surface area contributed by atoms with Gasteiger partial charge in [0.05, 0.1) is 4.90 Å². The van der Waals surface area contributed by atoms with Crippen molar-refractivity contribution in [3.8, 4) is 11.5 Å². The lowest BCUT2D eigenvalue weighted by Crippen LogP contribution is -2.26. The summed E-state index contributed by atoms with van der Waals surface area (Å²) < 4.78 is 43.2. The van der Waals surface area contributed by atoms with Crippen LogP contribution in [0.3, 0.4) is 0 Å². The molecule has 1 aromatic carbocycles. The molecular weight excluding hydrogens is 306 g/mol. The van der Waals surface area contributed by atoms with Gasteiger partial charge in [0.15, 0.2) is 11.5 Å². The van der Waals surface area contributed by atoms with Crippen molar-refractivity contribution in [1.82, 2.24) is 4.72 Å². The normalized spacial score (nSPS) is 14.0. The molecule has 1 aromatic rings. The summed E-state index contributed by atoms with van der Waals surface area (Å²) in [5.41, 5.74) is 0. The highest BCUT2D eigenvalue weighted by atomic mass is 32.2. The van der Waals surface area contributed by atoms with E-state index in [9.17, 15) is 8.42 Å². The molecule has 124 valence electrons. The highest BCUT2D eigenvalue weighted by Gasteiger charge is 2.18. The second-order valence-electron chi connectivity index (χ2n) is 5.02. The van der Waals surface area contributed by atoms with Crippen LogP contribution < -0.4 is 14.2 Å². The molecule has 6 nitrogen and oxygen atoms in total. The molecule has 0 atom stereocenters. The average molecular weight is 329 g/mol. The van der Waals surface area contributed by atoms with E-state index < -0.39 is 10.0 Å². The smallest absolute Gasteiger partial charge is 0.240 e. The number of fused-ring (bicyclic) bond motifs is 1. The summed E-state index contributed by atoms with van der Waals surface area (Å²) in [6.07, 6.45) is 2.77. The fourth-order valence-electron chi connectivity index (χ4n) is 2.00. The largest absolute Gasteiger partial charge is 0.486 e. The molecule has 0 spiro atoms. The van der Waals surface area contributed by atoms with Crippen molar-refractivity contribution < 1.29 is 22.6 Å². The number of rotatable bonds is 9. The van der Waals surface area contributed by atoms with E-state index in [-0.39, 0.29) is 4.90 Å². The average Bonchev–Trinajstić information content (AvgIpc) is 2.53. The molecule has 0 fully saturated rings. The van der Waals surface area contributed by atoms with E-state index in [0.717, 1.165) is 19.4 Å². The molecule has 0 bridgehead atoms. The minimum absolute atomic E-state index is 0.184. The Kier molecular flexibility index (Phi) is 6.48. The summed E-state index contributed by atoms with van der Waals surface area (Å²) in [4.78, 5) is 0.184. The fraction of sp³-hybridized carbons (Fsp3) is 0.600. The molecule has 1 N–H and O–H groups in total. The standard InChI is InChI=1S/C15H23NO5S/c1-2-3-8-19-9-4-7-16-22(17,18)13-5-6-14-15(12-13)21-11-10-20-14/h5-6,12,16H,2-4,7-11H2,1H3. The lowest BCUT2D eigenvalue weighted by molar-refractivity contribution is 0.130. The molecule has 0 aliphatic carbocycles. The van der Waals surface area contributed by atoms with Crippen LogP contribution in [0.15, 0.2) is 23.1 Å². The predicted molar refractivity (Wildman–Crippen MR) is 83.0 cm³/mol. The molecule has 0 saturated heterocycles. The maximum absolute atomic E-state index is 12.2. The second-order valence-corrected chi connectivity index (χ2v) is 6.79. The first-order valence-electron chi connectivity index (χ1n) is 7.60. The Morgan fingerprint density at radius 1 is 1.14 bits per heavy atom. The van der Waals surface area contributed by atoms with Crippen LogP contribution in [-0.4, -0.2) is 41.4 Å². The summed E-state index contributed by atoms with van der Waals surface area (Å²) in [5, 5.41) is 0. The zero-order valence-corrected chi connectivity index (χ0v) is 13.7. The molecule has 0 saturated carbocycles. The van der Waals surface area contributed by atoms with E-state index in [1.165, 1.54) is 12.1 Å². The number of benzene rings is 1. The number of nitrogens with one attached hydrogen (secondary N) is 1. The van der Waals surface area contributed by atoms with Gasteiger partial charge in [-0.1, -0.05) is 13.3 Å². The third kappa shape index (κ3) is 4.86. The Labute approximate surface area is 131 Å². The van der Waals surface area contributed by atoms with Gasteiger partial charge in [0.1, 0.15) is 13.2 Å². The third-order valence-electron chi connectivity index (χ3n) is 3.22. The molecule has 1 aliphatic rings. The van der Waals surface area contributed by atoms with Crippen molar-refractivity contribution in [2.24, 2.45) is 0 Å². The van der Waals surface area contributed by atoms with Crippen molar-refractivity contribution in [2.45, 2.75) is 31.1 Å². The van der Waals surface area contributed by atoms with Crippen molar-refractivity contribution in [3.63, 3.8) is 0 Å². The van der Waals surface area contributed by atoms with Crippen LogP contribution in [0.4, 0.5) is 0 Å². The van der Waals surface area contributed by atoms with Crippen LogP contribution in [-0.2, 0) is 14.8 Å². The predicted octanol–water partition coefficient (Wildman–Crippen LogP) is 1.94. The fourth-order valence-corrected chi connectivity index (χ4v) is 3.09. The Bertz CT molecular complexity index is 573. The maximum Gasteiger partial charge on any atom is 0.240 e. The van der Waals surface area contributed by atoms with E-state index in [0.29, 0.717) is 44.3 Å². The molecule has 1 aliphatic heterocycles. The van der Waals surface area contributed by atoms with Crippen molar-refractivity contribution >= 4 is 10.0 Å². The van der Waals surface area contributed by atoms with Crippen LogP contribution in [0.25, 0.3) is 0 Å². The van der Waals surface area contributed by atoms with Crippen LogP contribution in [0.1, 0.15) is 26.2 Å². The minimum Gasteiger partial charge on any atom is -0.486 e. The van der Waals surface area contributed by atoms with E-state index >= 15 is 0 Å². The zero-order chi connectivity index (χ0) is 15.8. The van der Waals surface area contributed by atoms with Gasteiger partial charge >= 0.3 is 0 Å². The Hall–Kier alpha value is -1.31. The topological polar surface area (TPSA) is 73.9 Å². The molecule has 0 unspecified atom stereocenters. The SMILES string of the molecule is CCCCOCCCNS(=O)(=O)c1ccc2c(c1)OCCO2. The molecule has 2 rings (SSSR count). The maximum atomic E-state index is 12.2. The van der Waals surface area contributed by atoms with E-state index in [2.05, 4.69) is 11.6 Å². The highest BCUT2D eigenvalue weighted by molar-refractivity contribution is 7.89. The summed E-state index contributed by atoms with van der Waals surface area (Å²) in [6, 6.07) is 4.64. The highest BCUT2D eigenvalue weighted by Crippen LogP contribution is 2.32. The zero-order valence-electron chi connectivity index (χ0n) is 12.8. The summed E-state index contributed by atoms with van der Waals surface area (Å²) >= 11 is 0. The van der Waals surface area contributed by atoms with Gasteiger partial charge in [-0.2, -0.15) is 0 Å². The first-order chi connectivity index (χ1) is 10.6. The van der Waals surface area contributed by atoms with Gasteiger partial charge in [0.25, 0.3) is 0 Å². The van der Waals surface area contributed by atoms with Crippen molar-refractivity contribution in [3.05, 3.63) is 18.2 Å². The Morgan fingerprint density at radius 3 is 2.64 bits per heavy atom. The summed E-state index contributed by atoms with van der Waals surface area (Å²) in [7, 11) is -3.53. The molecule has 22 heavy (non-hydrogen) atoms. The van der Waals surface area contributed by atoms with Crippen molar-refractivity contribution in [2.75, 3.05) is 33.0 Å². The number of sulfonamides is 1. The third-order valence-corrected chi connectivity index (χ3v) is 4.68. The van der Waals surface area contributed by atoms with Crippen molar-refractivity contribution in [1.29, 1.82) is 0 Å². The number of hydrogen-bond donors (Lipinski definition) is 1. The molecule has 0 amide bonds. The Morgan fingerprint density at radius 2 is 1.86 bits per heavy atom. The van der Waals surface area contributed by atoms with E-state index in [4.69, 9.17) is 14.2 Å². The first-order valence-corrected chi connectivity index (χ1v) is 9.09. The first kappa shape index (κ1) is 17.1. The quantitative estimate of drug-likeness (QED) is 0.701. The van der Waals surface area contributed by atoms with Gasteiger partial charge in [-0.3, -0.25) is 0 Å². The molecule has 1 heterocycles. The lowest BCUT2D eigenvalue weighted by atomic mass is 10.3. The van der Waals surface area contributed by atoms with Gasteiger partial charge in [-0.25, -0.2) is 13.1 Å². The molecule has 0 aromatic heterocycles. The second kappa shape index (κ2) is 8.36. The molecular formula is C15H23NO5S. The molecule has 0 radical (unpaired) electrons. The van der Waals surface area contributed by atoms with Gasteiger partial charge in [0, 0.05) is 25.8 Å². The monoisotopic (exact) mass is 329 g/mol. The van der Waals surface area contributed by atoms with Crippen LogP contribution >= 0.6 is 0 Å². The van der Waals surface area contributed by atoms with Gasteiger partial charge < -0.3 is 14.2 Å². The number of ether oxygens (including phenoxy) is 3. The lowest BCUT2D eigenvalue weighted by Gasteiger charge is -2.18.